The average molecular weight is 234 g/mol. The molecule has 0 bridgehead atoms. The van der Waals surface area contributed by atoms with Gasteiger partial charge in [-0.2, -0.15) is 5.01 Å². The Hall–Kier alpha value is -1.39. The van der Waals surface area contributed by atoms with Crippen LogP contribution in [0.4, 0.5) is 0 Å². The maximum absolute atomic E-state index is 12.0. The molecule has 1 aliphatic heterocycles. The molecule has 1 N–H and O–H groups in total. The number of ether oxygens (including phenoxy) is 1. The van der Waals surface area contributed by atoms with E-state index in [0.29, 0.717) is 5.56 Å². The van der Waals surface area contributed by atoms with E-state index in [1.807, 2.05) is 23.2 Å². The van der Waals surface area contributed by atoms with Crippen LogP contribution in [0.1, 0.15) is 29.6 Å². The summed E-state index contributed by atoms with van der Waals surface area (Å²) in [7, 11) is 1.68. The van der Waals surface area contributed by atoms with Gasteiger partial charge < -0.3 is 4.74 Å². The molecule has 1 atom stereocenters. The molecule has 2 rings (SSSR count). The zero-order valence-corrected chi connectivity index (χ0v) is 10.1. The second-order valence-corrected chi connectivity index (χ2v) is 4.19. The molecule has 1 aromatic rings. The standard InChI is InChI=1S/C13H18N2O2/c1-17-12-9-5-6-10-15(12)14-13(16)11-7-3-2-4-8-11/h2-4,7-8,12H,5-6,9-10H2,1H3,(H,14,16). The van der Waals surface area contributed by atoms with Gasteiger partial charge in [0.25, 0.3) is 5.91 Å². The largest absolute Gasteiger partial charge is 0.365 e. The third-order valence-electron chi connectivity index (χ3n) is 3.00. The van der Waals surface area contributed by atoms with Gasteiger partial charge in [-0.3, -0.25) is 10.2 Å². The van der Waals surface area contributed by atoms with Crippen molar-refractivity contribution in [2.24, 2.45) is 0 Å². The number of benzene rings is 1. The van der Waals surface area contributed by atoms with Crippen LogP contribution in [0.3, 0.4) is 0 Å². The Balaban J connectivity index is 1.98. The summed E-state index contributed by atoms with van der Waals surface area (Å²) < 4.78 is 5.35. The summed E-state index contributed by atoms with van der Waals surface area (Å²) in [4.78, 5) is 12.0. The summed E-state index contributed by atoms with van der Waals surface area (Å²) in [5.41, 5.74) is 3.58. The molecule has 4 nitrogen and oxygen atoms in total. The number of methoxy groups -OCH3 is 1. The summed E-state index contributed by atoms with van der Waals surface area (Å²) >= 11 is 0. The third kappa shape index (κ3) is 3.05. The molecule has 17 heavy (non-hydrogen) atoms. The van der Waals surface area contributed by atoms with Gasteiger partial charge in [-0.15, -0.1) is 0 Å². The van der Waals surface area contributed by atoms with Crippen molar-refractivity contribution in [2.45, 2.75) is 25.5 Å². The van der Waals surface area contributed by atoms with Crippen LogP contribution in [-0.4, -0.2) is 30.8 Å². The topological polar surface area (TPSA) is 41.6 Å². The van der Waals surface area contributed by atoms with Gasteiger partial charge >= 0.3 is 0 Å². The molecule has 0 aliphatic carbocycles. The van der Waals surface area contributed by atoms with Crippen LogP contribution < -0.4 is 5.43 Å². The Bertz CT molecular complexity index is 367. The molecule has 1 fully saturated rings. The molecule has 1 amide bonds. The van der Waals surface area contributed by atoms with E-state index >= 15 is 0 Å². The molecule has 1 saturated heterocycles. The number of carbonyl (C=O) groups excluding carboxylic acids is 1. The van der Waals surface area contributed by atoms with E-state index in [2.05, 4.69) is 5.43 Å². The molecule has 1 aromatic carbocycles. The lowest BCUT2D eigenvalue weighted by molar-refractivity contribution is -0.0768. The lowest BCUT2D eigenvalue weighted by Gasteiger charge is -2.34. The van der Waals surface area contributed by atoms with Crippen LogP contribution in [0.2, 0.25) is 0 Å². The first-order chi connectivity index (χ1) is 8.31. The number of nitrogens with zero attached hydrogens (tertiary/aromatic N) is 1. The van der Waals surface area contributed by atoms with Crippen LogP contribution in [0.25, 0.3) is 0 Å². The highest BCUT2D eigenvalue weighted by molar-refractivity contribution is 5.93. The molecule has 1 aliphatic rings. The molecular weight excluding hydrogens is 216 g/mol. The van der Waals surface area contributed by atoms with E-state index in [-0.39, 0.29) is 12.1 Å². The Labute approximate surface area is 102 Å². The lowest BCUT2D eigenvalue weighted by Crippen LogP contribution is -2.51. The summed E-state index contributed by atoms with van der Waals surface area (Å²) in [6.45, 7) is 0.844. The fourth-order valence-electron chi connectivity index (χ4n) is 2.06. The van der Waals surface area contributed by atoms with E-state index in [4.69, 9.17) is 4.74 Å². The van der Waals surface area contributed by atoms with Crippen molar-refractivity contribution in [1.29, 1.82) is 0 Å². The molecular formula is C13H18N2O2. The minimum Gasteiger partial charge on any atom is -0.365 e. The summed E-state index contributed by atoms with van der Waals surface area (Å²) in [6.07, 6.45) is 3.20. The number of rotatable bonds is 3. The zero-order chi connectivity index (χ0) is 12.1. The number of hydrogen-bond acceptors (Lipinski definition) is 3. The predicted molar refractivity (Wildman–Crippen MR) is 65.3 cm³/mol. The van der Waals surface area contributed by atoms with Gasteiger partial charge in [0, 0.05) is 19.2 Å². The molecule has 0 radical (unpaired) electrons. The second-order valence-electron chi connectivity index (χ2n) is 4.19. The molecule has 92 valence electrons. The van der Waals surface area contributed by atoms with Crippen molar-refractivity contribution in [3.05, 3.63) is 35.9 Å². The summed E-state index contributed by atoms with van der Waals surface area (Å²) in [5.74, 6) is -0.0745. The Kier molecular flexibility index (Phi) is 4.12. The predicted octanol–water partition coefficient (Wildman–Crippen LogP) is 1.79. The number of amides is 1. The molecule has 1 unspecified atom stereocenters. The normalized spacial score (nSPS) is 21.1. The first-order valence-electron chi connectivity index (χ1n) is 5.97. The first kappa shape index (κ1) is 12.1. The lowest BCUT2D eigenvalue weighted by atomic mass is 10.1. The average Bonchev–Trinajstić information content (AvgIpc) is 2.40. The maximum Gasteiger partial charge on any atom is 0.265 e. The van der Waals surface area contributed by atoms with E-state index in [9.17, 15) is 4.79 Å². The molecule has 0 aromatic heterocycles. The molecule has 0 spiro atoms. The monoisotopic (exact) mass is 234 g/mol. The van der Waals surface area contributed by atoms with Gasteiger partial charge in [-0.05, 0) is 31.4 Å². The number of nitrogens with one attached hydrogen (secondary N) is 1. The number of hydrazine groups is 1. The molecule has 1 heterocycles. The van der Waals surface area contributed by atoms with Gasteiger partial charge in [0.15, 0.2) is 0 Å². The van der Waals surface area contributed by atoms with Crippen molar-refractivity contribution in [1.82, 2.24) is 10.4 Å². The van der Waals surface area contributed by atoms with Crippen molar-refractivity contribution in [3.63, 3.8) is 0 Å². The smallest absolute Gasteiger partial charge is 0.265 e. The van der Waals surface area contributed by atoms with Crippen LogP contribution in [0.5, 0.6) is 0 Å². The van der Waals surface area contributed by atoms with Crippen molar-refractivity contribution >= 4 is 5.91 Å². The minimum absolute atomic E-state index is 0.00332. The van der Waals surface area contributed by atoms with Crippen molar-refractivity contribution in [2.75, 3.05) is 13.7 Å². The van der Waals surface area contributed by atoms with Gasteiger partial charge in [0.1, 0.15) is 6.23 Å². The highest BCUT2D eigenvalue weighted by atomic mass is 16.5. The fourth-order valence-corrected chi connectivity index (χ4v) is 2.06. The third-order valence-corrected chi connectivity index (χ3v) is 3.00. The Morgan fingerprint density at radius 3 is 2.82 bits per heavy atom. The van der Waals surface area contributed by atoms with Gasteiger partial charge in [-0.25, -0.2) is 0 Å². The highest BCUT2D eigenvalue weighted by Crippen LogP contribution is 2.15. The van der Waals surface area contributed by atoms with Gasteiger partial charge in [-0.1, -0.05) is 18.2 Å². The molecule has 0 saturated carbocycles. The number of piperidine rings is 1. The zero-order valence-electron chi connectivity index (χ0n) is 10.1. The first-order valence-corrected chi connectivity index (χ1v) is 5.97. The van der Waals surface area contributed by atoms with E-state index in [0.717, 1.165) is 25.8 Å². The van der Waals surface area contributed by atoms with Gasteiger partial charge in [0.05, 0.1) is 0 Å². The van der Waals surface area contributed by atoms with Crippen molar-refractivity contribution < 1.29 is 9.53 Å². The Morgan fingerprint density at radius 2 is 2.12 bits per heavy atom. The van der Waals surface area contributed by atoms with E-state index in [1.54, 1.807) is 19.2 Å². The van der Waals surface area contributed by atoms with Crippen LogP contribution in [0, 0.1) is 0 Å². The van der Waals surface area contributed by atoms with Gasteiger partial charge in [0.2, 0.25) is 0 Å². The maximum atomic E-state index is 12.0. The van der Waals surface area contributed by atoms with Crippen LogP contribution in [0.15, 0.2) is 30.3 Å². The van der Waals surface area contributed by atoms with Crippen LogP contribution >= 0.6 is 0 Å². The number of hydrogen-bond donors (Lipinski definition) is 1. The van der Waals surface area contributed by atoms with Crippen molar-refractivity contribution in [3.8, 4) is 0 Å². The van der Waals surface area contributed by atoms with E-state index < -0.39 is 0 Å². The minimum atomic E-state index is -0.0745. The molecule has 4 heteroatoms. The fraction of sp³-hybridized carbons (Fsp3) is 0.462. The van der Waals surface area contributed by atoms with Crippen LogP contribution in [-0.2, 0) is 4.74 Å². The second kappa shape index (κ2) is 5.80. The highest BCUT2D eigenvalue weighted by Gasteiger charge is 2.23. The quantitative estimate of drug-likeness (QED) is 0.867. The number of carbonyl (C=O) groups is 1. The summed E-state index contributed by atoms with van der Waals surface area (Å²) in [5, 5.41) is 1.89. The Morgan fingerprint density at radius 1 is 1.35 bits per heavy atom. The SMILES string of the molecule is COC1CCCCN1NC(=O)c1ccccc1. The summed E-state index contributed by atoms with van der Waals surface area (Å²) in [6, 6.07) is 9.23. The van der Waals surface area contributed by atoms with E-state index in [1.165, 1.54) is 0 Å².